The van der Waals surface area contributed by atoms with Crippen LogP contribution < -0.4 is 0 Å². The Balaban J connectivity index is 2.07. The average molecular weight is 300 g/mol. The van der Waals surface area contributed by atoms with Gasteiger partial charge in [-0.2, -0.15) is 0 Å². The molecule has 1 aromatic heterocycles. The molecule has 0 aromatic carbocycles. The Bertz CT molecular complexity index is 329. The molecule has 0 bridgehead atoms. The third-order valence-electron chi connectivity index (χ3n) is 2.60. The molecule has 17 heavy (non-hydrogen) atoms. The fourth-order valence-electron chi connectivity index (χ4n) is 1.62. The number of rotatable bonds is 7. The molecular weight excluding hydrogens is 282 g/mol. The molecule has 0 N–H and O–H groups in total. The molecule has 0 radical (unpaired) electrons. The molecule has 0 saturated carbocycles. The van der Waals surface area contributed by atoms with E-state index >= 15 is 0 Å². The number of pyridine rings is 1. The van der Waals surface area contributed by atoms with Gasteiger partial charge in [0.1, 0.15) is 4.83 Å². The molecule has 1 aromatic rings. The van der Waals surface area contributed by atoms with Crippen LogP contribution in [0.2, 0.25) is 0 Å². The van der Waals surface area contributed by atoms with Crippen molar-refractivity contribution in [1.29, 1.82) is 0 Å². The number of halogens is 1. The average Bonchev–Trinajstić information content (AvgIpc) is 2.38. The van der Waals surface area contributed by atoms with E-state index in [2.05, 4.69) is 31.7 Å². The maximum absolute atomic E-state index is 11.1. The summed E-state index contributed by atoms with van der Waals surface area (Å²) in [6.45, 7) is 0. The summed E-state index contributed by atoms with van der Waals surface area (Å²) in [6, 6.07) is 4.05. The van der Waals surface area contributed by atoms with Gasteiger partial charge in [-0.15, -0.1) is 0 Å². The summed E-state index contributed by atoms with van der Waals surface area (Å²) in [5, 5.41) is 0. The second-order valence-electron chi connectivity index (χ2n) is 3.95. The Morgan fingerprint density at radius 1 is 1.47 bits per heavy atom. The smallest absolute Gasteiger partial charge is 0.319 e. The highest BCUT2D eigenvalue weighted by Gasteiger charge is 2.13. The number of aryl methyl sites for hydroxylation is 1. The Morgan fingerprint density at radius 2 is 2.29 bits per heavy atom. The van der Waals surface area contributed by atoms with Crippen LogP contribution in [-0.4, -0.2) is 22.9 Å². The summed E-state index contributed by atoms with van der Waals surface area (Å²) < 4.78 is 4.64. The van der Waals surface area contributed by atoms with E-state index in [-0.39, 0.29) is 10.8 Å². The van der Waals surface area contributed by atoms with E-state index in [4.69, 9.17) is 0 Å². The molecule has 4 heteroatoms. The van der Waals surface area contributed by atoms with Crippen molar-refractivity contribution in [2.45, 2.75) is 36.9 Å². The van der Waals surface area contributed by atoms with Crippen LogP contribution in [0, 0.1) is 0 Å². The molecule has 94 valence electrons. The van der Waals surface area contributed by atoms with Gasteiger partial charge in [0.05, 0.1) is 7.11 Å². The third-order valence-corrected chi connectivity index (χ3v) is 3.43. The number of carbonyl (C=O) groups excluding carboxylic acids is 1. The SMILES string of the molecule is COC(=O)C(Br)CCCCCc1cccnc1. The zero-order valence-electron chi connectivity index (χ0n) is 10.1. The predicted molar refractivity (Wildman–Crippen MR) is 71.1 cm³/mol. The van der Waals surface area contributed by atoms with Crippen molar-refractivity contribution >= 4 is 21.9 Å². The fraction of sp³-hybridized carbons (Fsp3) is 0.538. The van der Waals surface area contributed by atoms with Crippen molar-refractivity contribution in [2.75, 3.05) is 7.11 Å². The minimum Gasteiger partial charge on any atom is -0.468 e. The van der Waals surface area contributed by atoms with Crippen molar-refractivity contribution in [2.24, 2.45) is 0 Å². The van der Waals surface area contributed by atoms with E-state index in [9.17, 15) is 4.79 Å². The lowest BCUT2D eigenvalue weighted by atomic mass is 10.1. The number of ether oxygens (including phenoxy) is 1. The summed E-state index contributed by atoms with van der Waals surface area (Å²) in [5.74, 6) is -0.183. The van der Waals surface area contributed by atoms with Crippen LogP contribution in [0.3, 0.4) is 0 Å². The Kier molecular flexibility index (Phi) is 6.86. The molecule has 1 atom stereocenters. The van der Waals surface area contributed by atoms with Crippen LogP contribution in [0.5, 0.6) is 0 Å². The van der Waals surface area contributed by atoms with Crippen molar-refractivity contribution in [3.8, 4) is 0 Å². The van der Waals surface area contributed by atoms with Crippen molar-refractivity contribution in [1.82, 2.24) is 4.98 Å². The quantitative estimate of drug-likeness (QED) is 0.441. The van der Waals surface area contributed by atoms with Gasteiger partial charge < -0.3 is 4.74 Å². The highest BCUT2D eigenvalue weighted by atomic mass is 79.9. The first kappa shape index (κ1) is 14.2. The number of alkyl halides is 1. The number of hydrogen-bond donors (Lipinski definition) is 0. The molecule has 0 fully saturated rings. The first-order chi connectivity index (χ1) is 8.24. The minimum atomic E-state index is -0.183. The van der Waals surface area contributed by atoms with Crippen LogP contribution in [0.1, 0.15) is 31.2 Å². The van der Waals surface area contributed by atoms with Gasteiger partial charge in [-0.1, -0.05) is 34.8 Å². The Labute approximate surface area is 111 Å². The minimum absolute atomic E-state index is 0.161. The summed E-state index contributed by atoms with van der Waals surface area (Å²) >= 11 is 3.32. The molecule has 1 unspecified atom stereocenters. The number of esters is 1. The van der Waals surface area contributed by atoms with Crippen molar-refractivity contribution in [3.05, 3.63) is 30.1 Å². The van der Waals surface area contributed by atoms with Gasteiger partial charge in [-0.25, -0.2) is 0 Å². The lowest BCUT2D eigenvalue weighted by Crippen LogP contribution is -2.15. The standard InChI is InChI=1S/C13H18BrNO2/c1-17-13(16)12(14)8-4-2-3-6-11-7-5-9-15-10-11/h5,7,9-10,12H,2-4,6,8H2,1H3. The molecule has 0 aliphatic rings. The largest absolute Gasteiger partial charge is 0.468 e. The number of nitrogens with zero attached hydrogens (tertiary/aromatic N) is 1. The predicted octanol–water partition coefficient (Wildman–Crippen LogP) is 3.12. The summed E-state index contributed by atoms with van der Waals surface area (Å²) in [6.07, 6.45) is 8.86. The second-order valence-corrected chi connectivity index (χ2v) is 5.06. The maximum atomic E-state index is 11.1. The lowest BCUT2D eigenvalue weighted by Gasteiger charge is -2.06. The maximum Gasteiger partial charge on any atom is 0.319 e. The molecule has 0 amide bonds. The molecule has 0 spiro atoms. The number of carbonyl (C=O) groups is 1. The summed E-state index contributed by atoms with van der Waals surface area (Å²) in [7, 11) is 1.42. The third kappa shape index (κ3) is 5.82. The van der Waals surface area contributed by atoms with E-state index in [0.717, 1.165) is 32.1 Å². The molecule has 0 saturated heterocycles. The van der Waals surface area contributed by atoms with E-state index in [1.54, 1.807) is 6.20 Å². The lowest BCUT2D eigenvalue weighted by molar-refractivity contribution is -0.139. The van der Waals surface area contributed by atoms with Gasteiger partial charge in [-0.05, 0) is 30.9 Å². The number of hydrogen-bond acceptors (Lipinski definition) is 3. The van der Waals surface area contributed by atoms with E-state index < -0.39 is 0 Å². The number of unbranched alkanes of at least 4 members (excludes halogenated alkanes) is 2. The topological polar surface area (TPSA) is 39.2 Å². The molecule has 3 nitrogen and oxygen atoms in total. The van der Waals surface area contributed by atoms with Gasteiger partial charge in [-0.3, -0.25) is 9.78 Å². The Morgan fingerprint density at radius 3 is 2.94 bits per heavy atom. The normalized spacial score (nSPS) is 12.1. The number of aromatic nitrogens is 1. The first-order valence-corrected chi connectivity index (χ1v) is 6.76. The highest BCUT2D eigenvalue weighted by Crippen LogP contribution is 2.13. The highest BCUT2D eigenvalue weighted by molar-refractivity contribution is 9.10. The first-order valence-electron chi connectivity index (χ1n) is 5.85. The van der Waals surface area contributed by atoms with Crippen LogP contribution in [0.15, 0.2) is 24.5 Å². The molecular formula is C13H18BrNO2. The van der Waals surface area contributed by atoms with Crippen molar-refractivity contribution < 1.29 is 9.53 Å². The number of methoxy groups -OCH3 is 1. The second kappa shape index (κ2) is 8.23. The summed E-state index contributed by atoms with van der Waals surface area (Å²) in [5.41, 5.74) is 1.27. The molecule has 1 heterocycles. The molecule has 0 aliphatic carbocycles. The van der Waals surface area contributed by atoms with Gasteiger partial charge in [0, 0.05) is 12.4 Å². The molecule has 0 aliphatic heterocycles. The molecule has 1 rings (SSSR count). The monoisotopic (exact) mass is 299 g/mol. The van der Waals surface area contributed by atoms with Crippen LogP contribution in [0.4, 0.5) is 0 Å². The zero-order chi connectivity index (χ0) is 12.5. The van der Waals surface area contributed by atoms with E-state index in [1.807, 2.05) is 12.3 Å². The van der Waals surface area contributed by atoms with E-state index in [0.29, 0.717) is 0 Å². The Hall–Kier alpha value is -0.900. The summed E-state index contributed by atoms with van der Waals surface area (Å²) in [4.78, 5) is 15.0. The van der Waals surface area contributed by atoms with Crippen LogP contribution in [-0.2, 0) is 16.0 Å². The zero-order valence-corrected chi connectivity index (χ0v) is 11.6. The van der Waals surface area contributed by atoms with Gasteiger partial charge in [0.2, 0.25) is 0 Å². The van der Waals surface area contributed by atoms with Gasteiger partial charge in [0.25, 0.3) is 0 Å². The van der Waals surface area contributed by atoms with Gasteiger partial charge in [0.15, 0.2) is 0 Å². The fourth-order valence-corrected chi connectivity index (χ4v) is 2.13. The van der Waals surface area contributed by atoms with Crippen LogP contribution in [0.25, 0.3) is 0 Å². The van der Waals surface area contributed by atoms with E-state index in [1.165, 1.54) is 12.7 Å². The van der Waals surface area contributed by atoms with Crippen LogP contribution >= 0.6 is 15.9 Å². The van der Waals surface area contributed by atoms with Crippen molar-refractivity contribution in [3.63, 3.8) is 0 Å². The van der Waals surface area contributed by atoms with Gasteiger partial charge >= 0.3 is 5.97 Å².